The zero-order valence-corrected chi connectivity index (χ0v) is 14.4. The lowest BCUT2D eigenvalue weighted by molar-refractivity contribution is 0.0133. The molecule has 1 aliphatic rings. The van der Waals surface area contributed by atoms with Gasteiger partial charge in [0, 0.05) is 32.9 Å². The summed E-state index contributed by atoms with van der Waals surface area (Å²) in [5.74, 6) is 0. The number of hydrogen-bond acceptors (Lipinski definition) is 5. The van der Waals surface area contributed by atoms with Crippen LogP contribution in [0.3, 0.4) is 0 Å². The molecule has 120 valence electrons. The molecule has 5 nitrogen and oxygen atoms in total. The molecule has 1 saturated heterocycles. The summed E-state index contributed by atoms with van der Waals surface area (Å²) in [7, 11) is -2.58. The minimum Gasteiger partial charge on any atom is -0.379 e. The molecule has 0 aromatic heterocycles. The van der Waals surface area contributed by atoms with Crippen LogP contribution in [0.2, 0.25) is 0 Å². The second kappa shape index (κ2) is 10.7. The Morgan fingerprint density at radius 3 is 1.70 bits per heavy atom. The highest BCUT2D eigenvalue weighted by atomic mass is 28.4. The zero-order chi connectivity index (χ0) is 14.7. The van der Waals surface area contributed by atoms with Gasteiger partial charge in [-0.15, -0.1) is 0 Å². The first-order valence-electron chi connectivity index (χ1n) is 7.98. The van der Waals surface area contributed by atoms with Gasteiger partial charge < -0.3 is 18.0 Å². The summed E-state index contributed by atoms with van der Waals surface area (Å²) in [5, 5.41) is 0. The summed E-state index contributed by atoms with van der Waals surface area (Å²) in [6.07, 6.45) is 3.75. The van der Waals surface area contributed by atoms with Gasteiger partial charge in [0.25, 0.3) is 0 Å². The molecule has 20 heavy (non-hydrogen) atoms. The molecule has 1 heterocycles. The van der Waals surface area contributed by atoms with Gasteiger partial charge in [-0.25, -0.2) is 0 Å². The van der Waals surface area contributed by atoms with Crippen molar-refractivity contribution in [3.8, 4) is 0 Å². The molecule has 0 radical (unpaired) electrons. The van der Waals surface area contributed by atoms with Gasteiger partial charge in [-0.3, -0.25) is 4.90 Å². The highest BCUT2D eigenvalue weighted by Gasteiger charge is 2.43. The lowest BCUT2D eigenvalue weighted by Crippen LogP contribution is -2.57. The maximum absolute atomic E-state index is 6.10. The first-order chi connectivity index (χ1) is 9.76. The van der Waals surface area contributed by atoms with E-state index in [1.54, 1.807) is 0 Å². The molecule has 0 unspecified atom stereocenters. The van der Waals surface area contributed by atoms with Crippen molar-refractivity contribution >= 4 is 8.80 Å². The van der Waals surface area contributed by atoms with Crippen molar-refractivity contribution in [1.29, 1.82) is 0 Å². The average molecular weight is 305 g/mol. The third kappa shape index (κ3) is 6.65. The summed E-state index contributed by atoms with van der Waals surface area (Å²) in [5.41, 5.74) is 0. The van der Waals surface area contributed by atoms with Gasteiger partial charge in [-0.05, 0) is 19.3 Å². The molecule has 0 saturated carbocycles. The maximum Gasteiger partial charge on any atom is 0.515 e. The fourth-order valence-electron chi connectivity index (χ4n) is 2.07. The fourth-order valence-corrected chi connectivity index (χ4v) is 5.00. The van der Waals surface area contributed by atoms with Crippen LogP contribution in [0.4, 0.5) is 0 Å². The van der Waals surface area contributed by atoms with Crippen LogP contribution in [0.25, 0.3) is 0 Å². The molecular weight excluding hydrogens is 274 g/mol. The van der Waals surface area contributed by atoms with E-state index >= 15 is 0 Å². The Morgan fingerprint density at radius 2 is 1.30 bits per heavy atom. The lowest BCUT2D eigenvalue weighted by atomic mass is 10.5. The van der Waals surface area contributed by atoms with Crippen LogP contribution < -0.4 is 0 Å². The summed E-state index contributed by atoms with van der Waals surface area (Å²) in [4.78, 5) is 2.36. The van der Waals surface area contributed by atoms with Crippen molar-refractivity contribution in [2.75, 3.05) is 52.3 Å². The van der Waals surface area contributed by atoms with Gasteiger partial charge in [0.2, 0.25) is 0 Å². The second-order valence-corrected chi connectivity index (χ2v) is 7.67. The van der Waals surface area contributed by atoms with Crippen molar-refractivity contribution in [3.63, 3.8) is 0 Å². The Kier molecular flexibility index (Phi) is 9.67. The van der Waals surface area contributed by atoms with Crippen molar-refractivity contribution in [3.05, 3.63) is 0 Å². The Morgan fingerprint density at radius 1 is 0.850 bits per heavy atom. The molecule has 6 heteroatoms. The van der Waals surface area contributed by atoms with E-state index in [4.69, 9.17) is 18.0 Å². The topological polar surface area (TPSA) is 40.2 Å². The van der Waals surface area contributed by atoms with E-state index in [2.05, 4.69) is 25.7 Å². The minimum atomic E-state index is -2.58. The molecular formula is C14H31NO4Si. The van der Waals surface area contributed by atoms with Crippen LogP contribution in [-0.4, -0.2) is 66.0 Å². The van der Waals surface area contributed by atoms with Crippen molar-refractivity contribution in [2.45, 2.75) is 40.0 Å². The van der Waals surface area contributed by atoms with E-state index < -0.39 is 8.80 Å². The summed E-state index contributed by atoms with van der Waals surface area (Å²) < 4.78 is 23.7. The SMILES string of the molecule is CCCO[Si](CN1CCOCC1)(OCCC)OCCC. The lowest BCUT2D eigenvalue weighted by Gasteiger charge is -2.35. The third-order valence-corrected chi connectivity index (χ3v) is 5.87. The van der Waals surface area contributed by atoms with Crippen molar-refractivity contribution < 1.29 is 18.0 Å². The fraction of sp³-hybridized carbons (Fsp3) is 1.00. The highest BCUT2D eigenvalue weighted by molar-refractivity contribution is 6.60. The third-order valence-electron chi connectivity index (χ3n) is 3.10. The number of hydrogen-bond donors (Lipinski definition) is 0. The van der Waals surface area contributed by atoms with Gasteiger partial charge in [0.05, 0.1) is 19.4 Å². The number of nitrogens with zero attached hydrogens (tertiary/aromatic N) is 1. The van der Waals surface area contributed by atoms with E-state index in [0.29, 0.717) is 19.8 Å². The second-order valence-electron chi connectivity index (χ2n) is 5.12. The van der Waals surface area contributed by atoms with Gasteiger partial charge in [-0.2, -0.15) is 0 Å². The Hall–Kier alpha value is 0.0169. The van der Waals surface area contributed by atoms with Gasteiger partial charge in [0.1, 0.15) is 0 Å². The number of rotatable bonds is 11. The highest BCUT2D eigenvalue weighted by Crippen LogP contribution is 2.15. The first-order valence-corrected chi connectivity index (χ1v) is 9.91. The van der Waals surface area contributed by atoms with Crippen molar-refractivity contribution in [2.24, 2.45) is 0 Å². The van der Waals surface area contributed by atoms with Crippen LogP contribution in [-0.2, 0) is 18.0 Å². The molecule has 0 amide bonds. The first kappa shape index (κ1) is 18.1. The van der Waals surface area contributed by atoms with Crippen LogP contribution in [0.15, 0.2) is 0 Å². The van der Waals surface area contributed by atoms with Gasteiger partial charge in [0.15, 0.2) is 0 Å². The predicted octanol–water partition coefficient (Wildman–Crippen LogP) is 2.08. The molecule has 0 aromatic carbocycles. The van der Waals surface area contributed by atoms with Gasteiger partial charge in [-0.1, -0.05) is 20.8 Å². The zero-order valence-electron chi connectivity index (χ0n) is 13.4. The molecule has 0 spiro atoms. The predicted molar refractivity (Wildman–Crippen MR) is 81.7 cm³/mol. The normalized spacial score (nSPS) is 17.6. The molecule has 0 aliphatic carbocycles. The summed E-state index contributed by atoms with van der Waals surface area (Å²) >= 11 is 0. The monoisotopic (exact) mass is 305 g/mol. The van der Waals surface area contributed by atoms with E-state index in [0.717, 1.165) is 51.7 Å². The summed E-state index contributed by atoms with van der Waals surface area (Å²) in [6.45, 7) is 12.0. The molecule has 1 rings (SSSR count). The van der Waals surface area contributed by atoms with E-state index in [1.165, 1.54) is 0 Å². The molecule has 1 fully saturated rings. The Labute approximate surface area is 124 Å². The molecule has 0 bridgehead atoms. The standard InChI is InChI=1S/C14H31NO4Si/c1-4-9-17-20(18-10-5-2,19-11-6-3)14-15-7-12-16-13-8-15/h4-14H2,1-3H3. The van der Waals surface area contributed by atoms with Crippen LogP contribution in [0.5, 0.6) is 0 Å². The minimum absolute atomic E-state index is 0.712. The summed E-state index contributed by atoms with van der Waals surface area (Å²) in [6, 6.07) is 0. The Balaban J connectivity index is 2.64. The quantitative estimate of drug-likeness (QED) is 0.547. The van der Waals surface area contributed by atoms with E-state index in [9.17, 15) is 0 Å². The smallest absolute Gasteiger partial charge is 0.379 e. The molecule has 0 aromatic rings. The molecule has 0 N–H and O–H groups in total. The maximum atomic E-state index is 6.10. The largest absolute Gasteiger partial charge is 0.515 e. The number of morpholine rings is 1. The number of ether oxygens (including phenoxy) is 1. The van der Waals surface area contributed by atoms with E-state index in [-0.39, 0.29) is 0 Å². The average Bonchev–Trinajstić information content (AvgIpc) is 2.49. The van der Waals surface area contributed by atoms with Gasteiger partial charge >= 0.3 is 8.80 Å². The Bertz CT molecular complexity index is 215. The van der Waals surface area contributed by atoms with E-state index in [1.807, 2.05) is 0 Å². The molecule has 0 atom stereocenters. The van der Waals surface area contributed by atoms with Crippen molar-refractivity contribution in [1.82, 2.24) is 4.90 Å². The van der Waals surface area contributed by atoms with Crippen LogP contribution in [0.1, 0.15) is 40.0 Å². The molecule has 1 aliphatic heterocycles. The van der Waals surface area contributed by atoms with Crippen LogP contribution >= 0.6 is 0 Å². The van der Waals surface area contributed by atoms with Crippen LogP contribution in [0, 0.1) is 0 Å².